The molecule has 1 fully saturated rings. The molecule has 1 atom stereocenters. The van der Waals surface area contributed by atoms with Crippen LogP contribution in [0.5, 0.6) is 0 Å². The average molecular weight is 249 g/mol. The molecule has 88 valence electrons. The van der Waals surface area contributed by atoms with E-state index in [-0.39, 0.29) is 0 Å². The summed E-state index contributed by atoms with van der Waals surface area (Å²) in [4.78, 5) is 0. The molecule has 0 bridgehead atoms. The topological polar surface area (TPSA) is 42.7 Å². The zero-order valence-electron chi connectivity index (χ0n) is 9.31. The summed E-state index contributed by atoms with van der Waals surface area (Å²) in [5.41, 5.74) is 1.88. The summed E-state index contributed by atoms with van der Waals surface area (Å²) in [5, 5.41) is 12.4. The highest BCUT2D eigenvalue weighted by Crippen LogP contribution is 2.22. The monoisotopic (exact) mass is 248 g/mol. The van der Waals surface area contributed by atoms with Crippen LogP contribution in [0.25, 0.3) is 11.3 Å². The van der Waals surface area contributed by atoms with Crippen LogP contribution < -0.4 is 5.32 Å². The largest absolute Gasteiger partial charge is 0.315 e. The van der Waals surface area contributed by atoms with E-state index in [1.54, 1.807) is 0 Å². The van der Waals surface area contributed by atoms with Crippen molar-refractivity contribution in [2.75, 3.05) is 13.1 Å². The first-order chi connectivity index (χ1) is 8.33. The second-order valence-electron chi connectivity index (χ2n) is 4.24. The minimum Gasteiger partial charge on any atom is -0.315 e. The fourth-order valence-corrected chi connectivity index (χ4v) is 2.29. The molecule has 1 aliphatic heterocycles. The van der Waals surface area contributed by atoms with Crippen LogP contribution in [-0.4, -0.2) is 28.1 Å². The molecule has 1 N–H and O–H groups in total. The molecule has 17 heavy (non-hydrogen) atoms. The maximum absolute atomic E-state index is 5.96. The Morgan fingerprint density at radius 2 is 2.35 bits per heavy atom. The van der Waals surface area contributed by atoms with Crippen molar-refractivity contribution in [3.05, 3.63) is 35.5 Å². The number of hydrogen-bond acceptors (Lipinski definition) is 3. The van der Waals surface area contributed by atoms with Crippen molar-refractivity contribution in [3.63, 3.8) is 0 Å². The summed E-state index contributed by atoms with van der Waals surface area (Å²) in [7, 11) is 0. The van der Waals surface area contributed by atoms with Gasteiger partial charge >= 0.3 is 0 Å². The van der Waals surface area contributed by atoms with Crippen LogP contribution in [0.4, 0.5) is 0 Å². The average Bonchev–Trinajstić information content (AvgIpc) is 3.00. The Labute approximate surface area is 105 Å². The fourth-order valence-electron chi connectivity index (χ4n) is 2.10. The Hall–Kier alpha value is -1.39. The van der Waals surface area contributed by atoms with E-state index in [1.807, 2.05) is 35.1 Å². The maximum Gasteiger partial charge on any atom is 0.113 e. The number of benzene rings is 1. The minimum atomic E-state index is 0.426. The van der Waals surface area contributed by atoms with Crippen molar-refractivity contribution in [1.29, 1.82) is 0 Å². The first-order valence-corrected chi connectivity index (χ1v) is 6.09. The molecule has 1 unspecified atom stereocenters. The van der Waals surface area contributed by atoms with Crippen LogP contribution in [0.15, 0.2) is 30.5 Å². The van der Waals surface area contributed by atoms with E-state index in [4.69, 9.17) is 11.6 Å². The maximum atomic E-state index is 5.96. The molecular formula is C12H13ClN4. The van der Waals surface area contributed by atoms with Gasteiger partial charge in [0.2, 0.25) is 0 Å². The van der Waals surface area contributed by atoms with Crippen molar-refractivity contribution >= 4 is 11.6 Å². The molecule has 0 spiro atoms. The van der Waals surface area contributed by atoms with E-state index in [0.717, 1.165) is 35.8 Å². The lowest BCUT2D eigenvalue weighted by molar-refractivity contribution is 0.476. The van der Waals surface area contributed by atoms with Gasteiger partial charge in [0, 0.05) is 17.1 Å². The molecule has 0 aliphatic carbocycles. The summed E-state index contributed by atoms with van der Waals surface area (Å²) in [6.07, 6.45) is 3.10. The van der Waals surface area contributed by atoms with Crippen LogP contribution in [0.2, 0.25) is 5.02 Å². The van der Waals surface area contributed by atoms with Gasteiger partial charge < -0.3 is 5.32 Å². The molecule has 1 aromatic carbocycles. The Morgan fingerprint density at radius 3 is 3.12 bits per heavy atom. The smallest absolute Gasteiger partial charge is 0.113 e. The lowest BCUT2D eigenvalue weighted by Gasteiger charge is -2.06. The molecule has 2 heterocycles. The van der Waals surface area contributed by atoms with Gasteiger partial charge in [-0.15, -0.1) is 5.10 Å². The van der Waals surface area contributed by atoms with E-state index in [2.05, 4.69) is 15.6 Å². The summed E-state index contributed by atoms with van der Waals surface area (Å²) in [6.45, 7) is 2.02. The van der Waals surface area contributed by atoms with Gasteiger partial charge in [0.1, 0.15) is 5.69 Å². The van der Waals surface area contributed by atoms with E-state index >= 15 is 0 Å². The van der Waals surface area contributed by atoms with E-state index in [1.165, 1.54) is 0 Å². The van der Waals surface area contributed by atoms with E-state index in [9.17, 15) is 0 Å². The van der Waals surface area contributed by atoms with Gasteiger partial charge in [-0.05, 0) is 25.1 Å². The van der Waals surface area contributed by atoms with Gasteiger partial charge in [-0.1, -0.05) is 28.9 Å². The van der Waals surface area contributed by atoms with Crippen LogP contribution >= 0.6 is 11.6 Å². The molecule has 0 radical (unpaired) electrons. The van der Waals surface area contributed by atoms with Crippen molar-refractivity contribution < 1.29 is 0 Å². The number of halogens is 1. The van der Waals surface area contributed by atoms with Crippen LogP contribution in [-0.2, 0) is 0 Å². The van der Waals surface area contributed by atoms with Gasteiger partial charge in [0.15, 0.2) is 0 Å². The van der Waals surface area contributed by atoms with Crippen molar-refractivity contribution in [2.45, 2.75) is 12.5 Å². The summed E-state index contributed by atoms with van der Waals surface area (Å²) >= 11 is 5.96. The van der Waals surface area contributed by atoms with Crippen molar-refractivity contribution in [2.24, 2.45) is 0 Å². The van der Waals surface area contributed by atoms with E-state index < -0.39 is 0 Å². The number of nitrogens with one attached hydrogen (secondary N) is 1. The van der Waals surface area contributed by atoms with Gasteiger partial charge in [-0.25, -0.2) is 4.68 Å². The Bertz CT molecular complexity index is 517. The molecule has 1 aliphatic rings. The number of hydrogen-bond donors (Lipinski definition) is 1. The first kappa shape index (κ1) is 10.7. The first-order valence-electron chi connectivity index (χ1n) is 5.71. The van der Waals surface area contributed by atoms with Gasteiger partial charge in [0.05, 0.1) is 12.2 Å². The predicted molar refractivity (Wildman–Crippen MR) is 67.0 cm³/mol. The van der Waals surface area contributed by atoms with Gasteiger partial charge in [0.25, 0.3) is 0 Å². The highest BCUT2D eigenvalue weighted by molar-refractivity contribution is 6.30. The third-order valence-electron chi connectivity index (χ3n) is 3.04. The van der Waals surface area contributed by atoms with Crippen LogP contribution in [0.1, 0.15) is 12.5 Å². The van der Waals surface area contributed by atoms with Crippen LogP contribution in [0, 0.1) is 0 Å². The number of rotatable bonds is 2. The lowest BCUT2D eigenvalue weighted by Crippen LogP contribution is -2.13. The number of nitrogens with zero attached hydrogens (tertiary/aromatic N) is 3. The third kappa shape index (κ3) is 2.18. The third-order valence-corrected chi connectivity index (χ3v) is 3.27. The summed E-state index contributed by atoms with van der Waals surface area (Å²) in [5.74, 6) is 0. The standard InChI is InChI=1S/C12H13ClN4/c13-10-3-1-2-9(6-10)12-8-17(16-15-12)11-4-5-14-7-11/h1-3,6,8,11,14H,4-5,7H2. The van der Waals surface area contributed by atoms with E-state index in [0.29, 0.717) is 6.04 Å². The summed E-state index contributed by atoms with van der Waals surface area (Å²) < 4.78 is 1.94. The molecule has 5 heteroatoms. The lowest BCUT2D eigenvalue weighted by atomic mass is 10.2. The molecule has 0 amide bonds. The van der Waals surface area contributed by atoms with Gasteiger partial charge in [-0.2, -0.15) is 0 Å². The molecule has 1 aromatic heterocycles. The Morgan fingerprint density at radius 1 is 1.41 bits per heavy atom. The number of aromatic nitrogens is 3. The molecule has 3 rings (SSSR count). The van der Waals surface area contributed by atoms with Crippen molar-refractivity contribution in [3.8, 4) is 11.3 Å². The zero-order valence-corrected chi connectivity index (χ0v) is 10.1. The molecule has 2 aromatic rings. The van der Waals surface area contributed by atoms with Gasteiger partial charge in [-0.3, -0.25) is 0 Å². The normalized spacial score (nSPS) is 19.7. The molecule has 1 saturated heterocycles. The predicted octanol–water partition coefficient (Wildman–Crippen LogP) is 2.13. The van der Waals surface area contributed by atoms with Crippen LogP contribution in [0.3, 0.4) is 0 Å². The second kappa shape index (κ2) is 4.47. The minimum absolute atomic E-state index is 0.426. The molecule has 4 nitrogen and oxygen atoms in total. The Kier molecular flexibility index (Phi) is 2.82. The molecular weight excluding hydrogens is 236 g/mol. The highest BCUT2D eigenvalue weighted by Gasteiger charge is 2.18. The Balaban J connectivity index is 1.89. The quantitative estimate of drug-likeness (QED) is 0.886. The zero-order chi connectivity index (χ0) is 11.7. The van der Waals surface area contributed by atoms with Crippen molar-refractivity contribution in [1.82, 2.24) is 20.3 Å². The fraction of sp³-hybridized carbons (Fsp3) is 0.333. The summed E-state index contributed by atoms with van der Waals surface area (Å²) in [6, 6.07) is 8.11. The SMILES string of the molecule is Clc1cccc(-c2cn(C3CCNC3)nn2)c1. The molecule has 0 saturated carbocycles. The highest BCUT2D eigenvalue weighted by atomic mass is 35.5. The second-order valence-corrected chi connectivity index (χ2v) is 4.68.